The van der Waals surface area contributed by atoms with Crippen LogP contribution in [0.3, 0.4) is 0 Å². The molecule has 0 fully saturated rings. The van der Waals surface area contributed by atoms with Crippen LogP contribution in [0.15, 0.2) is 23.3 Å². The van der Waals surface area contributed by atoms with Crippen molar-refractivity contribution in [2.45, 2.75) is 27.7 Å². The van der Waals surface area contributed by atoms with Crippen molar-refractivity contribution in [2.75, 3.05) is 0 Å². The number of aldehydes is 1. The van der Waals surface area contributed by atoms with Crippen LogP contribution in [0.4, 0.5) is 0 Å². The zero-order valence-corrected chi connectivity index (χ0v) is 8.22. The predicted octanol–water partition coefficient (Wildman–Crippen LogP) is 2.73. The van der Waals surface area contributed by atoms with E-state index in [9.17, 15) is 4.79 Å². The SMILES string of the molecule is CC1=CC=C(C)C(C)(C)C1C=O. The summed E-state index contributed by atoms with van der Waals surface area (Å²) in [4.78, 5) is 10.9. The topological polar surface area (TPSA) is 17.1 Å². The van der Waals surface area contributed by atoms with Gasteiger partial charge in [-0.2, -0.15) is 0 Å². The Labute approximate surface area is 74.2 Å². The fraction of sp³-hybridized carbons (Fsp3) is 0.545. The molecule has 0 aromatic heterocycles. The third-order valence-electron chi connectivity index (χ3n) is 3.02. The van der Waals surface area contributed by atoms with Crippen molar-refractivity contribution in [3.8, 4) is 0 Å². The molecule has 0 saturated carbocycles. The first-order chi connectivity index (χ1) is 5.50. The van der Waals surface area contributed by atoms with Crippen LogP contribution in [0.1, 0.15) is 27.7 Å². The molecule has 66 valence electrons. The van der Waals surface area contributed by atoms with E-state index in [4.69, 9.17) is 0 Å². The highest BCUT2D eigenvalue weighted by molar-refractivity contribution is 5.63. The molecule has 1 aliphatic carbocycles. The molecule has 0 spiro atoms. The Hall–Kier alpha value is -0.850. The van der Waals surface area contributed by atoms with Crippen LogP contribution in [-0.2, 0) is 4.79 Å². The van der Waals surface area contributed by atoms with Crippen molar-refractivity contribution in [3.05, 3.63) is 23.3 Å². The zero-order chi connectivity index (χ0) is 9.35. The van der Waals surface area contributed by atoms with Crippen molar-refractivity contribution in [1.29, 1.82) is 0 Å². The molecule has 0 heterocycles. The molecule has 1 rings (SSSR count). The molecule has 0 amide bonds. The van der Waals surface area contributed by atoms with Crippen molar-refractivity contribution >= 4 is 6.29 Å². The monoisotopic (exact) mass is 164 g/mol. The summed E-state index contributed by atoms with van der Waals surface area (Å²) >= 11 is 0. The van der Waals surface area contributed by atoms with Gasteiger partial charge in [-0.05, 0) is 19.3 Å². The van der Waals surface area contributed by atoms with E-state index in [2.05, 4.69) is 26.8 Å². The molecule has 0 aromatic rings. The number of rotatable bonds is 1. The normalized spacial score (nSPS) is 27.5. The van der Waals surface area contributed by atoms with Gasteiger partial charge in [0, 0.05) is 5.92 Å². The Kier molecular flexibility index (Phi) is 2.22. The highest BCUT2D eigenvalue weighted by Crippen LogP contribution is 2.40. The maximum atomic E-state index is 10.9. The van der Waals surface area contributed by atoms with Crippen LogP contribution >= 0.6 is 0 Å². The lowest BCUT2D eigenvalue weighted by Crippen LogP contribution is -2.29. The maximum Gasteiger partial charge on any atom is 0.127 e. The summed E-state index contributed by atoms with van der Waals surface area (Å²) in [6.45, 7) is 8.34. The average Bonchev–Trinajstić information content (AvgIpc) is 1.98. The lowest BCUT2D eigenvalue weighted by molar-refractivity contribution is -0.112. The third-order valence-corrected chi connectivity index (χ3v) is 3.02. The zero-order valence-electron chi connectivity index (χ0n) is 8.22. The molecule has 1 nitrogen and oxygen atoms in total. The second-order valence-electron chi connectivity index (χ2n) is 4.10. The van der Waals surface area contributed by atoms with Crippen LogP contribution in [0.5, 0.6) is 0 Å². The predicted molar refractivity (Wildman–Crippen MR) is 50.8 cm³/mol. The van der Waals surface area contributed by atoms with Crippen molar-refractivity contribution in [3.63, 3.8) is 0 Å². The molecule has 1 unspecified atom stereocenters. The standard InChI is InChI=1S/C11H16O/c1-8-5-6-9(2)11(3,4)10(8)7-12/h5-7,10H,1-4H3. The van der Waals surface area contributed by atoms with Gasteiger partial charge in [0.1, 0.15) is 6.29 Å². The fourth-order valence-electron chi connectivity index (χ4n) is 1.67. The summed E-state index contributed by atoms with van der Waals surface area (Å²) in [6.07, 6.45) is 5.21. The van der Waals surface area contributed by atoms with Gasteiger partial charge in [0.05, 0.1) is 0 Å². The third kappa shape index (κ3) is 1.24. The average molecular weight is 164 g/mol. The van der Waals surface area contributed by atoms with Crippen molar-refractivity contribution < 1.29 is 4.79 Å². The highest BCUT2D eigenvalue weighted by atomic mass is 16.1. The molecule has 0 aromatic carbocycles. The van der Waals surface area contributed by atoms with Crippen molar-refractivity contribution in [2.24, 2.45) is 11.3 Å². The number of carbonyl (C=O) groups is 1. The van der Waals surface area contributed by atoms with E-state index in [0.717, 1.165) is 6.29 Å². The molecule has 0 saturated heterocycles. The van der Waals surface area contributed by atoms with Gasteiger partial charge in [-0.25, -0.2) is 0 Å². The first-order valence-corrected chi connectivity index (χ1v) is 4.31. The molecule has 12 heavy (non-hydrogen) atoms. The van der Waals surface area contributed by atoms with E-state index >= 15 is 0 Å². The molecule has 0 bridgehead atoms. The minimum atomic E-state index is 0.000579. The van der Waals surface area contributed by atoms with Crippen molar-refractivity contribution in [1.82, 2.24) is 0 Å². The van der Waals surface area contributed by atoms with Gasteiger partial charge in [-0.15, -0.1) is 0 Å². The van der Waals surface area contributed by atoms with E-state index in [1.807, 2.05) is 13.0 Å². The lowest BCUT2D eigenvalue weighted by Gasteiger charge is -2.35. The Morgan fingerprint density at radius 2 is 1.92 bits per heavy atom. The first kappa shape index (κ1) is 9.24. The number of allylic oxidation sites excluding steroid dienone is 4. The van der Waals surface area contributed by atoms with Crippen LogP contribution < -0.4 is 0 Å². The molecule has 1 atom stereocenters. The quantitative estimate of drug-likeness (QED) is 0.544. The summed E-state index contributed by atoms with van der Waals surface area (Å²) in [5.41, 5.74) is 2.45. The molecular weight excluding hydrogens is 148 g/mol. The van der Waals surface area contributed by atoms with E-state index in [1.54, 1.807) is 0 Å². The largest absolute Gasteiger partial charge is 0.303 e. The van der Waals surface area contributed by atoms with E-state index in [1.165, 1.54) is 11.1 Å². The van der Waals surface area contributed by atoms with Crippen LogP contribution in [0, 0.1) is 11.3 Å². The van der Waals surface area contributed by atoms with Gasteiger partial charge in [-0.3, -0.25) is 0 Å². The molecular formula is C11H16O. The van der Waals surface area contributed by atoms with Crippen LogP contribution in [0.2, 0.25) is 0 Å². The van der Waals surface area contributed by atoms with Crippen LogP contribution in [-0.4, -0.2) is 6.29 Å². The van der Waals surface area contributed by atoms with E-state index in [-0.39, 0.29) is 11.3 Å². The van der Waals surface area contributed by atoms with E-state index < -0.39 is 0 Å². The number of hydrogen-bond acceptors (Lipinski definition) is 1. The second kappa shape index (κ2) is 2.89. The smallest absolute Gasteiger partial charge is 0.127 e. The van der Waals surface area contributed by atoms with Gasteiger partial charge in [0.25, 0.3) is 0 Å². The molecule has 1 heteroatoms. The number of carbonyl (C=O) groups excluding carboxylic acids is 1. The maximum absolute atomic E-state index is 10.9. The molecule has 0 aliphatic heterocycles. The van der Waals surface area contributed by atoms with Gasteiger partial charge in [-0.1, -0.05) is 37.1 Å². The second-order valence-corrected chi connectivity index (χ2v) is 4.10. The minimum Gasteiger partial charge on any atom is -0.303 e. The molecule has 1 aliphatic rings. The number of hydrogen-bond donors (Lipinski definition) is 0. The van der Waals surface area contributed by atoms with E-state index in [0.29, 0.717) is 0 Å². The van der Waals surface area contributed by atoms with Gasteiger partial charge in [0.2, 0.25) is 0 Å². The molecule has 0 N–H and O–H groups in total. The summed E-state index contributed by atoms with van der Waals surface area (Å²) in [7, 11) is 0. The Balaban J connectivity index is 3.10. The van der Waals surface area contributed by atoms with Crippen LogP contribution in [0.25, 0.3) is 0 Å². The summed E-state index contributed by atoms with van der Waals surface area (Å²) in [5.74, 6) is 0.0579. The Morgan fingerprint density at radius 1 is 1.33 bits per heavy atom. The summed E-state index contributed by atoms with van der Waals surface area (Å²) in [6, 6.07) is 0. The Morgan fingerprint density at radius 3 is 2.33 bits per heavy atom. The summed E-state index contributed by atoms with van der Waals surface area (Å²) < 4.78 is 0. The fourth-order valence-corrected chi connectivity index (χ4v) is 1.67. The van der Waals surface area contributed by atoms with Gasteiger partial charge in [0.15, 0.2) is 0 Å². The van der Waals surface area contributed by atoms with Gasteiger partial charge < -0.3 is 4.79 Å². The summed E-state index contributed by atoms with van der Waals surface area (Å²) in [5, 5.41) is 0. The first-order valence-electron chi connectivity index (χ1n) is 4.31. The highest BCUT2D eigenvalue weighted by Gasteiger charge is 2.33. The Bertz CT molecular complexity index is 256. The van der Waals surface area contributed by atoms with Gasteiger partial charge >= 0.3 is 0 Å². The minimum absolute atomic E-state index is 0.000579. The molecule has 0 radical (unpaired) electrons. The lowest BCUT2D eigenvalue weighted by atomic mass is 9.68.